The minimum atomic E-state index is -0.513. The molecule has 0 fully saturated rings. The van der Waals surface area contributed by atoms with Gasteiger partial charge in [0.05, 0.1) is 24.2 Å². The minimum absolute atomic E-state index is 0.00565. The lowest BCUT2D eigenvalue weighted by Crippen LogP contribution is -2.15. The number of rotatable bonds is 3. The Labute approximate surface area is 90.4 Å². The van der Waals surface area contributed by atoms with Crippen molar-refractivity contribution in [2.75, 3.05) is 13.7 Å². The molecule has 0 heterocycles. The molecule has 5 heteroatoms. The molecule has 0 bridgehead atoms. The molecule has 1 rings (SSSR count). The second-order valence-corrected chi connectivity index (χ2v) is 3.60. The quantitative estimate of drug-likeness (QED) is 0.763. The van der Waals surface area contributed by atoms with Gasteiger partial charge < -0.3 is 20.7 Å². The van der Waals surface area contributed by atoms with E-state index in [-0.39, 0.29) is 12.4 Å². The van der Waals surface area contributed by atoms with Gasteiger partial charge in [-0.3, -0.25) is 0 Å². The van der Waals surface area contributed by atoms with Crippen LogP contribution in [0.25, 0.3) is 0 Å². The molecule has 78 valence electrons. The number of aliphatic hydroxyl groups is 1. The SMILES string of the molecule is COc1ccc([C@H](N)CO)c(Br)c1O. The Balaban J connectivity index is 3.17. The lowest BCUT2D eigenvalue weighted by Gasteiger charge is -2.13. The summed E-state index contributed by atoms with van der Waals surface area (Å²) in [6.07, 6.45) is 0. The Morgan fingerprint density at radius 1 is 1.57 bits per heavy atom. The number of aliphatic hydroxyl groups excluding tert-OH is 1. The van der Waals surface area contributed by atoms with Crippen molar-refractivity contribution in [3.63, 3.8) is 0 Å². The standard InChI is InChI=1S/C9H12BrNO3/c1-14-7-3-2-5(6(11)4-12)8(10)9(7)13/h2-3,6,12-13H,4,11H2,1H3/t6-/m1/s1. The molecule has 4 N–H and O–H groups in total. The Morgan fingerprint density at radius 2 is 2.21 bits per heavy atom. The topological polar surface area (TPSA) is 75.7 Å². The van der Waals surface area contributed by atoms with Crippen LogP contribution < -0.4 is 10.5 Å². The highest BCUT2D eigenvalue weighted by atomic mass is 79.9. The van der Waals surface area contributed by atoms with E-state index in [1.807, 2.05) is 0 Å². The fraction of sp³-hybridized carbons (Fsp3) is 0.333. The molecular formula is C9H12BrNO3. The highest BCUT2D eigenvalue weighted by Gasteiger charge is 2.15. The first-order valence-corrected chi connectivity index (χ1v) is 4.83. The first kappa shape index (κ1) is 11.3. The van der Waals surface area contributed by atoms with Crippen LogP contribution >= 0.6 is 15.9 Å². The van der Waals surface area contributed by atoms with Gasteiger partial charge in [0.25, 0.3) is 0 Å². The van der Waals surface area contributed by atoms with E-state index in [0.29, 0.717) is 15.8 Å². The van der Waals surface area contributed by atoms with Gasteiger partial charge in [-0.2, -0.15) is 0 Å². The van der Waals surface area contributed by atoms with Crippen LogP contribution in [0.4, 0.5) is 0 Å². The zero-order valence-electron chi connectivity index (χ0n) is 7.70. The van der Waals surface area contributed by atoms with E-state index in [1.54, 1.807) is 12.1 Å². The molecule has 0 aliphatic carbocycles. The number of benzene rings is 1. The van der Waals surface area contributed by atoms with Crippen LogP contribution in [0.2, 0.25) is 0 Å². The molecule has 0 saturated heterocycles. The van der Waals surface area contributed by atoms with Crippen molar-refractivity contribution in [2.24, 2.45) is 5.73 Å². The molecule has 1 atom stereocenters. The molecule has 4 nitrogen and oxygen atoms in total. The molecule has 1 aromatic carbocycles. The lowest BCUT2D eigenvalue weighted by atomic mass is 10.1. The Bertz CT molecular complexity index is 330. The normalized spacial score (nSPS) is 12.6. The predicted molar refractivity (Wildman–Crippen MR) is 56.4 cm³/mol. The number of aromatic hydroxyl groups is 1. The summed E-state index contributed by atoms with van der Waals surface area (Å²) in [4.78, 5) is 0. The van der Waals surface area contributed by atoms with Crippen LogP contribution in [0.3, 0.4) is 0 Å². The Morgan fingerprint density at radius 3 is 2.71 bits per heavy atom. The second kappa shape index (κ2) is 4.63. The molecule has 0 aliphatic heterocycles. The summed E-state index contributed by atoms with van der Waals surface area (Å²) in [7, 11) is 1.47. The van der Waals surface area contributed by atoms with Crippen LogP contribution in [0.15, 0.2) is 16.6 Å². The van der Waals surface area contributed by atoms with Gasteiger partial charge in [-0.15, -0.1) is 0 Å². The molecule has 0 radical (unpaired) electrons. The van der Waals surface area contributed by atoms with Gasteiger partial charge >= 0.3 is 0 Å². The third kappa shape index (κ3) is 2.00. The summed E-state index contributed by atoms with van der Waals surface area (Å²) < 4.78 is 5.37. The van der Waals surface area contributed by atoms with E-state index in [9.17, 15) is 5.11 Å². The summed E-state index contributed by atoms with van der Waals surface area (Å²) >= 11 is 3.19. The summed E-state index contributed by atoms with van der Waals surface area (Å²) in [6, 6.07) is 2.79. The Kier molecular flexibility index (Phi) is 3.74. The largest absolute Gasteiger partial charge is 0.503 e. The average Bonchev–Trinajstić information content (AvgIpc) is 2.21. The summed E-state index contributed by atoms with van der Waals surface area (Å²) in [5.74, 6) is 0.361. The molecule has 0 saturated carbocycles. The third-order valence-corrected chi connectivity index (χ3v) is 2.76. The van der Waals surface area contributed by atoms with Gasteiger partial charge in [0.2, 0.25) is 0 Å². The molecule has 14 heavy (non-hydrogen) atoms. The molecule has 0 aromatic heterocycles. The van der Waals surface area contributed by atoms with E-state index in [4.69, 9.17) is 15.6 Å². The second-order valence-electron chi connectivity index (χ2n) is 2.81. The van der Waals surface area contributed by atoms with Crippen molar-refractivity contribution < 1.29 is 14.9 Å². The smallest absolute Gasteiger partial charge is 0.172 e. The van der Waals surface area contributed by atoms with Crippen LogP contribution in [0.5, 0.6) is 11.5 Å². The third-order valence-electron chi connectivity index (χ3n) is 1.93. The highest BCUT2D eigenvalue weighted by molar-refractivity contribution is 9.10. The number of phenols is 1. The molecule has 1 aromatic rings. The lowest BCUT2D eigenvalue weighted by molar-refractivity contribution is 0.267. The van der Waals surface area contributed by atoms with Gasteiger partial charge in [0.1, 0.15) is 0 Å². The van der Waals surface area contributed by atoms with Crippen molar-refractivity contribution in [1.82, 2.24) is 0 Å². The van der Waals surface area contributed by atoms with Gasteiger partial charge in [0.15, 0.2) is 11.5 Å². The first-order valence-electron chi connectivity index (χ1n) is 4.03. The molecule has 0 amide bonds. The van der Waals surface area contributed by atoms with Gasteiger partial charge in [0, 0.05) is 0 Å². The van der Waals surface area contributed by atoms with Crippen LogP contribution in [-0.2, 0) is 0 Å². The maximum absolute atomic E-state index is 9.61. The van der Waals surface area contributed by atoms with Crippen LogP contribution in [0.1, 0.15) is 11.6 Å². The van der Waals surface area contributed by atoms with Gasteiger partial charge in [-0.25, -0.2) is 0 Å². The van der Waals surface area contributed by atoms with Gasteiger partial charge in [-0.05, 0) is 27.6 Å². The molecule has 0 unspecified atom stereocenters. The van der Waals surface area contributed by atoms with E-state index in [0.717, 1.165) is 0 Å². The van der Waals surface area contributed by atoms with Crippen molar-refractivity contribution in [3.8, 4) is 11.5 Å². The number of ether oxygens (including phenoxy) is 1. The van der Waals surface area contributed by atoms with Crippen molar-refractivity contribution in [2.45, 2.75) is 6.04 Å². The number of hydrogen-bond donors (Lipinski definition) is 3. The van der Waals surface area contributed by atoms with Crippen LogP contribution in [-0.4, -0.2) is 23.9 Å². The van der Waals surface area contributed by atoms with E-state index >= 15 is 0 Å². The average molecular weight is 262 g/mol. The van der Waals surface area contributed by atoms with E-state index in [1.165, 1.54) is 7.11 Å². The Hall–Kier alpha value is -0.780. The zero-order chi connectivity index (χ0) is 10.7. The van der Waals surface area contributed by atoms with Gasteiger partial charge in [-0.1, -0.05) is 6.07 Å². The molecule has 0 aliphatic rings. The zero-order valence-corrected chi connectivity index (χ0v) is 9.28. The minimum Gasteiger partial charge on any atom is -0.503 e. The maximum Gasteiger partial charge on any atom is 0.172 e. The fourth-order valence-corrected chi connectivity index (χ4v) is 1.73. The molecule has 0 spiro atoms. The monoisotopic (exact) mass is 261 g/mol. The highest BCUT2D eigenvalue weighted by Crippen LogP contribution is 2.38. The summed E-state index contributed by atoms with van der Waals surface area (Å²) in [5.41, 5.74) is 6.27. The maximum atomic E-state index is 9.61. The summed E-state index contributed by atoms with van der Waals surface area (Å²) in [5, 5.41) is 18.5. The fourth-order valence-electron chi connectivity index (χ4n) is 1.11. The van der Waals surface area contributed by atoms with Crippen LogP contribution in [0, 0.1) is 0 Å². The van der Waals surface area contributed by atoms with Crippen molar-refractivity contribution in [3.05, 3.63) is 22.2 Å². The number of hydrogen-bond acceptors (Lipinski definition) is 4. The number of halogens is 1. The number of phenolic OH excluding ortho intramolecular Hbond substituents is 1. The molecular weight excluding hydrogens is 250 g/mol. The predicted octanol–water partition coefficient (Wildman–Crippen LogP) is 1.16. The van der Waals surface area contributed by atoms with Crippen molar-refractivity contribution >= 4 is 15.9 Å². The number of methoxy groups -OCH3 is 1. The van der Waals surface area contributed by atoms with E-state index < -0.39 is 6.04 Å². The summed E-state index contributed by atoms with van der Waals surface area (Å²) in [6.45, 7) is -0.176. The van der Waals surface area contributed by atoms with E-state index in [2.05, 4.69) is 15.9 Å². The number of nitrogens with two attached hydrogens (primary N) is 1. The van der Waals surface area contributed by atoms with Crippen molar-refractivity contribution in [1.29, 1.82) is 0 Å². The first-order chi connectivity index (χ1) is 6.61.